The van der Waals surface area contributed by atoms with E-state index in [1.807, 2.05) is 41.3 Å². The van der Waals surface area contributed by atoms with E-state index in [0.717, 1.165) is 71.9 Å². The van der Waals surface area contributed by atoms with Crippen molar-refractivity contribution in [1.82, 2.24) is 20.0 Å². The Hall–Kier alpha value is -2.68. The molecule has 0 bridgehead atoms. The average molecular weight is 511 g/mol. The van der Waals surface area contributed by atoms with Gasteiger partial charge in [-0.2, -0.15) is 5.10 Å². The Kier molecular flexibility index (Phi) is 6.48. The average Bonchev–Trinajstić information content (AvgIpc) is 3.40. The third-order valence-corrected chi connectivity index (χ3v) is 6.92. The molecule has 2 aliphatic rings. The highest BCUT2D eigenvalue weighted by Crippen LogP contribution is 2.43. The quantitative estimate of drug-likeness (QED) is 0.517. The number of methoxy groups -OCH3 is 1. The van der Waals surface area contributed by atoms with Gasteiger partial charge in [0.05, 0.1) is 32.1 Å². The molecule has 1 N–H and O–H groups in total. The van der Waals surface area contributed by atoms with Gasteiger partial charge in [0.25, 0.3) is 5.91 Å². The fourth-order valence-electron chi connectivity index (χ4n) is 4.68. The predicted molar refractivity (Wildman–Crippen MR) is 129 cm³/mol. The number of morpholine rings is 1. The predicted octanol–water partition coefficient (Wildman–Crippen LogP) is 4.12. The van der Waals surface area contributed by atoms with Gasteiger partial charge >= 0.3 is 0 Å². The number of benzene rings is 2. The third kappa shape index (κ3) is 4.43. The molecule has 3 aromatic rings. The Morgan fingerprint density at radius 2 is 1.82 bits per heavy atom. The number of rotatable bonds is 7. The van der Waals surface area contributed by atoms with Crippen molar-refractivity contribution in [3.63, 3.8) is 0 Å². The molecule has 1 saturated heterocycles. The summed E-state index contributed by atoms with van der Waals surface area (Å²) in [5.74, 6) is 0.795. The van der Waals surface area contributed by atoms with Crippen molar-refractivity contribution in [2.24, 2.45) is 0 Å². The summed E-state index contributed by atoms with van der Waals surface area (Å²) in [5, 5.41) is 7.59. The highest BCUT2D eigenvalue weighted by Gasteiger charge is 2.41. The lowest BCUT2D eigenvalue weighted by Gasteiger charge is -2.29. The summed E-state index contributed by atoms with van der Waals surface area (Å²) < 4.78 is 11.8. The number of halogens is 1. The number of H-pyrrole nitrogens is 1. The van der Waals surface area contributed by atoms with Crippen LogP contribution >= 0.6 is 15.9 Å². The molecule has 0 saturated carbocycles. The third-order valence-electron chi connectivity index (χ3n) is 6.39. The highest BCUT2D eigenvalue weighted by molar-refractivity contribution is 9.10. The van der Waals surface area contributed by atoms with Crippen LogP contribution in [0.3, 0.4) is 0 Å². The van der Waals surface area contributed by atoms with Gasteiger partial charge in [-0.1, -0.05) is 28.1 Å². The lowest BCUT2D eigenvalue weighted by atomic mass is 9.96. The minimum Gasteiger partial charge on any atom is -0.497 e. The number of aromatic nitrogens is 2. The SMILES string of the molecule is COc1ccc(-c2n[nH]c3c2C(c2ccc(Br)cc2)N(CCCN2CCOCC2)C3=O)cc1. The van der Waals surface area contributed by atoms with E-state index < -0.39 is 0 Å². The number of fused-ring (bicyclic) bond motifs is 1. The van der Waals surface area contributed by atoms with Gasteiger partial charge in [0.15, 0.2) is 0 Å². The Balaban J connectivity index is 1.46. The van der Waals surface area contributed by atoms with Gasteiger partial charge in [-0.05, 0) is 48.4 Å². The zero-order valence-corrected chi connectivity index (χ0v) is 20.2. The minimum absolute atomic E-state index is 0.00663. The van der Waals surface area contributed by atoms with E-state index in [4.69, 9.17) is 9.47 Å². The molecular formula is C25H27BrN4O3. The second kappa shape index (κ2) is 9.67. The van der Waals surface area contributed by atoms with Crippen LogP contribution in [-0.2, 0) is 4.74 Å². The molecule has 2 aliphatic heterocycles. The van der Waals surface area contributed by atoms with Gasteiger partial charge in [-0.25, -0.2) is 0 Å². The molecule has 172 valence electrons. The first-order valence-corrected chi connectivity index (χ1v) is 12.0. The first kappa shape index (κ1) is 22.1. The van der Waals surface area contributed by atoms with Crippen molar-refractivity contribution in [2.45, 2.75) is 12.5 Å². The number of nitrogens with zero attached hydrogens (tertiary/aromatic N) is 3. The number of ether oxygens (including phenoxy) is 2. The molecule has 0 spiro atoms. The van der Waals surface area contributed by atoms with E-state index in [-0.39, 0.29) is 11.9 Å². The van der Waals surface area contributed by atoms with Crippen LogP contribution in [-0.4, -0.2) is 72.4 Å². The second-order valence-corrected chi connectivity index (χ2v) is 9.27. The van der Waals surface area contributed by atoms with Gasteiger partial charge < -0.3 is 14.4 Å². The van der Waals surface area contributed by atoms with Gasteiger partial charge in [-0.15, -0.1) is 0 Å². The molecule has 7 nitrogen and oxygen atoms in total. The van der Waals surface area contributed by atoms with Crippen molar-refractivity contribution in [3.8, 4) is 17.0 Å². The van der Waals surface area contributed by atoms with Crippen LogP contribution in [0.1, 0.15) is 34.1 Å². The zero-order valence-electron chi connectivity index (χ0n) is 18.6. The minimum atomic E-state index is -0.179. The maximum Gasteiger partial charge on any atom is 0.273 e. The molecule has 5 rings (SSSR count). The summed E-state index contributed by atoms with van der Waals surface area (Å²) in [7, 11) is 1.65. The van der Waals surface area contributed by atoms with Gasteiger partial charge in [0.1, 0.15) is 11.4 Å². The summed E-state index contributed by atoms with van der Waals surface area (Å²) in [6, 6.07) is 15.8. The molecule has 33 heavy (non-hydrogen) atoms. The summed E-state index contributed by atoms with van der Waals surface area (Å²) in [6.07, 6.45) is 0.911. The van der Waals surface area contributed by atoms with Crippen molar-refractivity contribution < 1.29 is 14.3 Å². The highest BCUT2D eigenvalue weighted by atomic mass is 79.9. The number of hydrogen-bond donors (Lipinski definition) is 1. The topological polar surface area (TPSA) is 70.7 Å². The Bertz CT molecular complexity index is 1110. The number of aromatic amines is 1. The van der Waals surface area contributed by atoms with Crippen LogP contribution in [0.15, 0.2) is 53.0 Å². The largest absolute Gasteiger partial charge is 0.497 e. The fraction of sp³-hybridized carbons (Fsp3) is 0.360. The number of carbonyl (C=O) groups excluding carboxylic acids is 1. The van der Waals surface area contributed by atoms with Gasteiger partial charge in [0, 0.05) is 41.8 Å². The fourth-order valence-corrected chi connectivity index (χ4v) is 4.94. The van der Waals surface area contributed by atoms with E-state index in [2.05, 4.69) is 43.2 Å². The van der Waals surface area contributed by atoms with Crippen molar-refractivity contribution in [1.29, 1.82) is 0 Å². The molecule has 0 aliphatic carbocycles. The summed E-state index contributed by atoms with van der Waals surface area (Å²) >= 11 is 3.53. The van der Waals surface area contributed by atoms with E-state index in [0.29, 0.717) is 12.2 Å². The Labute approximate surface area is 201 Å². The van der Waals surface area contributed by atoms with Crippen molar-refractivity contribution >= 4 is 21.8 Å². The van der Waals surface area contributed by atoms with Crippen LogP contribution in [0.5, 0.6) is 5.75 Å². The summed E-state index contributed by atoms with van der Waals surface area (Å²) in [5.41, 5.74) is 4.37. The van der Waals surface area contributed by atoms with Crippen molar-refractivity contribution in [3.05, 3.63) is 69.8 Å². The summed E-state index contributed by atoms with van der Waals surface area (Å²) in [4.78, 5) is 17.9. The maximum atomic E-state index is 13.5. The molecule has 1 fully saturated rings. The zero-order chi connectivity index (χ0) is 22.8. The molecule has 1 atom stereocenters. The van der Waals surface area contributed by atoms with Gasteiger partial charge in [-0.3, -0.25) is 14.8 Å². The first-order valence-electron chi connectivity index (χ1n) is 11.2. The lowest BCUT2D eigenvalue weighted by molar-refractivity contribution is 0.0354. The summed E-state index contributed by atoms with van der Waals surface area (Å²) in [6.45, 7) is 5.11. The maximum absolute atomic E-state index is 13.5. The van der Waals surface area contributed by atoms with Crippen LogP contribution in [0, 0.1) is 0 Å². The Morgan fingerprint density at radius 3 is 2.52 bits per heavy atom. The standard InChI is InChI=1S/C25H27BrN4O3/c1-32-20-9-5-17(6-10-20)22-21-23(28-27-22)25(31)30(12-2-11-29-13-15-33-16-14-29)24(21)18-3-7-19(26)8-4-18/h3-10,24H,2,11-16H2,1H3,(H,27,28). The monoisotopic (exact) mass is 510 g/mol. The number of hydrogen-bond acceptors (Lipinski definition) is 5. The number of amides is 1. The van der Waals surface area contributed by atoms with E-state index >= 15 is 0 Å². The molecule has 1 amide bonds. The molecule has 1 unspecified atom stereocenters. The molecule has 0 radical (unpaired) electrons. The molecule has 1 aromatic heterocycles. The normalized spacial score (nSPS) is 18.5. The van der Waals surface area contributed by atoms with Crippen LogP contribution in [0.4, 0.5) is 0 Å². The lowest BCUT2D eigenvalue weighted by Crippen LogP contribution is -2.38. The van der Waals surface area contributed by atoms with E-state index in [1.165, 1.54) is 0 Å². The van der Waals surface area contributed by atoms with E-state index in [9.17, 15) is 4.79 Å². The van der Waals surface area contributed by atoms with Crippen LogP contribution in [0.25, 0.3) is 11.3 Å². The smallest absolute Gasteiger partial charge is 0.273 e. The number of nitrogens with one attached hydrogen (secondary N) is 1. The molecule has 2 aromatic carbocycles. The van der Waals surface area contributed by atoms with Crippen LogP contribution < -0.4 is 4.74 Å². The van der Waals surface area contributed by atoms with Crippen molar-refractivity contribution in [2.75, 3.05) is 46.5 Å². The molecule has 3 heterocycles. The Morgan fingerprint density at radius 1 is 1.09 bits per heavy atom. The second-order valence-electron chi connectivity index (χ2n) is 8.35. The molecular weight excluding hydrogens is 484 g/mol. The molecule has 8 heteroatoms. The first-order chi connectivity index (χ1) is 16.2. The van der Waals surface area contributed by atoms with E-state index in [1.54, 1.807) is 7.11 Å². The van der Waals surface area contributed by atoms with Gasteiger partial charge in [0.2, 0.25) is 0 Å². The van der Waals surface area contributed by atoms with Crippen LogP contribution in [0.2, 0.25) is 0 Å². The number of carbonyl (C=O) groups is 1.